The monoisotopic (exact) mass is 315 g/mol. The Morgan fingerprint density at radius 1 is 1.08 bits per heavy atom. The van der Waals surface area contributed by atoms with Crippen LogP contribution < -0.4 is 11.1 Å². The minimum atomic E-state index is 0.712. The molecule has 0 aliphatic carbocycles. The fourth-order valence-electron chi connectivity index (χ4n) is 2.63. The highest BCUT2D eigenvalue weighted by atomic mass is 15.1. The second-order valence-corrected chi connectivity index (χ2v) is 5.75. The van der Waals surface area contributed by atoms with Gasteiger partial charge in [-0.1, -0.05) is 29.8 Å². The molecule has 0 saturated heterocycles. The Morgan fingerprint density at radius 2 is 1.92 bits per heavy atom. The Hall–Kier alpha value is -3.34. The molecule has 0 fully saturated rings. The van der Waals surface area contributed by atoms with Crippen LogP contribution in [0.2, 0.25) is 0 Å². The van der Waals surface area contributed by atoms with Crippen molar-refractivity contribution in [2.45, 2.75) is 6.92 Å². The zero-order valence-electron chi connectivity index (χ0n) is 13.3. The third-order valence-electron chi connectivity index (χ3n) is 3.87. The van der Waals surface area contributed by atoms with Gasteiger partial charge >= 0.3 is 0 Å². The Kier molecular flexibility index (Phi) is 3.39. The van der Waals surface area contributed by atoms with Crippen LogP contribution >= 0.6 is 0 Å². The first-order valence-corrected chi connectivity index (χ1v) is 7.72. The number of nitrogens with one attached hydrogen (secondary N) is 1. The molecule has 2 aromatic heterocycles. The van der Waals surface area contributed by atoms with Crippen molar-refractivity contribution in [3.63, 3.8) is 0 Å². The van der Waals surface area contributed by atoms with Crippen LogP contribution in [0.4, 0.5) is 17.2 Å². The van der Waals surface area contributed by atoms with Gasteiger partial charge in [0, 0.05) is 35.5 Å². The van der Waals surface area contributed by atoms with Crippen LogP contribution in [0.3, 0.4) is 0 Å². The minimum Gasteiger partial charge on any atom is -0.399 e. The molecule has 5 heteroatoms. The summed E-state index contributed by atoms with van der Waals surface area (Å²) < 4.78 is 1.96. The van der Waals surface area contributed by atoms with Crippen molar-refractivity contribution in [1.82, 2.24) is 14.4 Å². The third-order valence-corrected chi connectivity index (χ3v) is 3.87. The second kappa shape index (κ2) is 5.70. The highest BCUT2D eigenvalue weighted by Gasteiger charge is 2.09. The van der Waals surface area contributed by atoms with E-state index in [-0.39, 0.29) is 0 Å². The molecule has 5 nitrogen and oxygen atoms in total. The quantitative estimate of drug-likeness (QED) is 0.560. The van der Waals surface area contributed by atoms with Gasteiger partial charge < -0.3 is 15.5 Å². The van der Waals surface area contributed by atoms with Crippen LogP contribution in [0.15, 0.2) is 67.1 Å². The van der Waals surface area contributed by atoms with Crippen molar-refractivity contribution < 1.29 is 0 Å². The molecule has 4 aromatic rings. The van der Waals surface area contributed by atoms with Crippen molar-refractivity contribution in [2.24, 2.45) is 0 Å². The van der Waals surface area contributed by atoms with E-state index in [1.54, 1.807) is 6.20 Å². The highest BCUT2D eigenvalue weighted by Crippen LogP contribution is 2.25. The van der Waals surface area contributed by atoms with Crippen LogP contribution in [-0.4, -0.2) is 14.4 Å². The molecule has 0 aliphatic heterocycles. The first-order chi connectivity index (χ1) is 11.7. The number of nitrogens with zero attached hydrogens (tertiary/aromatic N) is 3. The van der Waals surface area contributed by atoms with Crippen molar-refractivity contribution >= 4 is 22.8 Å². The van der Waals surface area contributed by atoms with Crippen LogP contribution in [0.5, 0.6) is 0 Å². The van der Waals surface area contributed by atoms with E-state index in [9.17, 15) is 0 Å². The van der Waals surface area contributed by atoms with Gasteiger partial charge in [0.05, 0.1) is 5.69 Å². The number of benzene rings is 2. The van der Waals surface area contributed by atoms with Crippen LogP contribution in [-0.2, 0) is 0 Å². The lowest BCUT2D eigenvalue weighted by Crippen LogP contribution is -2.00. The Morgan fingerprint density at radius 3 is 2.71 bits per heavy atom. The average molecular weight is 315 g/mol. The topological polar surface area (TPSA) is 68.2 Å². The van der Waals surface area contributed by atoms with Gasteiger partial charge in [0.2, 0.25) is 0 Å². The summed E-state index contributed by atoms with van der Waals surface area (Å²) in [6.07, 6.45) is 5.63. The number of hydrogen-bond donors (Lipinski definition) is 2. The van der Waals surface area contributed by atoms with Gasteiger partial charge in [-0.05, 0) is 31.2 Å². The van der Waals surface area contributed by atoms with E-state index in [1.165, 1.54) is 5.56 Å². The van der Waals surface area contributed by atoms with Gasteiger partial charge in [-0.3, -0.25) is 0 Å². The molecule has 4 rings (SSSR count). The van der Waals surface area contributed by atoms with E-state index in [4.69, 9.17) is 10.7 Å². The van der Waals surface area contributed by atoms with E-state index < -0.39 is 0 Å². The first kappa shape index (κ1) is 14.3. The van der Waals surface area contributed by atoms with Crippen LogP contribution in [0.1, 0.15) is 5.56 Å². The molecular formula is C19H17N5. The Balaban J connectivity index is 1.82. The molecule has 0 radical (unpaired) electrons. The van der Waals surface area contributed by atoms with Gasteiger partial charge in [-0.25, -0.2) is 9.97 Å². The number of rotatable bonds is 3. The predicted molar refractivity (Wildman–Crippen MR) is 97.3 cm³/mol. The number of nitrogens with two attached hydrogens (primary N) is 1. The molecule has 24 heavy (non-hydrogen) atoms. The molecule has 3 N–H and O–H groups in total. The molecule has 0 amide bonds. The number of aryl methyl sites for hydroxylation is 1. The van der Waals surface area contributed by atoms with E-state index in [0.29, 0.717) is 11.5 Å². The van der Waals surface area contributed by atoms with Crippen molar-refractivity contribution in [2.75, 3.05) is 11.1 Å². The number of hydrogen-bond acceptors (Lipinski definition) is 4. The van der Waals surface area contributed by atoms with E-state index in [0.717, 1.165) is 22.6 Å². The molecule has 0 atom stereocenters. The first-order valence-electron chi connectivity index (χ1n) is 7.72. The molecule has 0 bridgehead atoms. The summed E-state index contributed by atoms with van der Waals surface area (Å²) in [6, 6.07) is 15.9. The Labute approximate surface area is 139 Å². The maximum atomic E-state index is 5.90. The van der Waals surface area contributed by atoms with Gasteiger partial charge in [-0.2, -0.15) is 0 Å². The van der Waals surface area contributed by atoms with E-state index >= 15 is 0 Å². The van der Waals surface area contributed by atoms with E-state index in [2.05, 4.69) is 29.4 Å². The summed E-state index contributed by atoms with van der Waals surface area (Å²) in [4.78, 5) is 9.15. The molecular weight excluding hydrogens is 298 g/mol. The lowest BCUT2D eigenvalue weighted by atomic mass is 10.1. The number of anilines is 3. The van der Waals surface area contributed by atoms with Gasteiger partial charge in [0.1, 0.15) is 0 Å². The molecule has 2 aromatic carbocycles. The number of fused-ring (bicyclic) bond motifs is 1. The third kappa shape index (κ3) is 2.67. The summed E-state index contributed by atoms with van der Waals surface area (Å²) in [5, 5.41) is 3.36. The predicted octanol–water partition coefficient (Wildman–Crippen LogP) is 4.03. The number of aromatic nitrogens is 3. The van der Waals surface area contributed by atoms with Crippen molar-refractivity contribution in [3.8, 4) is 11.3 Å². The number of imidazole rings is 1. The van der Waals surface area contributed by atoms with Gasteiger partial charge in [-0.15, -0.1) is 0 Å². The average Bonchev–Trinajstić information content (AvgIpc) is 3.06. The molecule has 0 spiro atoms. The molecule has 0 aliphatic rings. The standard InChI is InChI=1S/C19H17N5/c1-13-5-7-16(8-6-13)22-18-19-21-9-10-24(19)12-17(23-18)14-3-2-4-15(20)11-14/h2-12H,20H2,1H3,(H,22,23). The SMILES string of the molecule is Cc1ccc(Nc2nc(-c3cccc(N)c3)cn3ccnc23)cc1. The maximum Gasteiger partial charge on any atom is 0.180 e. The Bertz CT molecular complexity index is 1000. The van der Waals surface area contributed by atoms with Gasteiger partial charge in [0.15, 0.2) is 11.5 Å². The fourth-order valence-corrected chi connectivity index (χ4v) is 2.63. The zero-order valence-corrected chi connectivity index (χ0v) is 13.3. The molecule has 0 unspecified atom stereocenters. The molecule has 0 saturated carbocycles. The lowest BCUT2D eigenvalue weighted by molar-refractivity contribution is 1.13. The summed E-state index contributed by atoms with van der Waals surface area (Å²) in [6.45, 7) is 2.06. The fraction of sp³-hybridized carbons (Fsp3) is 0.0526. The van der Waals surface area contributed by atoms with Crippen LogP contribution in [0, 0.1) is 6.92 Å². The zero-order chi connectivity index (χ0) is 16.5. The molecule has 118 valence electrons. The molecule has 2 heterocycles. The van der Waals surface area contributed by atoms with Crippen molar-refractivity contribution in [1.29, 1.82) is 0 Å². The smallest absolute Gasteiger partial charge is 0.180 e. The normalized spacial score (nSPS) is 10.9. The maximum absolute atomic E-state index is 5.90. The minimum absolute atomic E-state index is 0.712. The summed E-state index contributed by atoms with van der Waals surface area (Å²) >= 11 is 0. The lowest BCUT2D eigenvalue weighted by Gasteiger charge is -2.10. The van der Waals surface area contributed by atoms with E-state index in [1.807, 2.05) is 53.2 Å². The second-order valence-electron chi connectivity index (χ2n) is 5.75. The van der Waals surface area contributed by atoms with Gasteiger partial charge in [0.25, 0.3) is 0 Å². The summed E-state index contributed by atoms with van der Waals surface area (Å²) in [5.41, 5.74) is 11.4. The highest BCUT2D eigenvalue weighted by molar-refractivity contribution is 5.74. The number of nitrogen functional groups attached to an aromatic ring is 1. The largest absolute Gasteiger partial charge is 0.399 e. The van der Waals surface area contributed by atoms with Crippen molar-refractivity contribution in [3.05, 3.63) is 72.7 Å². The summed E-state index contributed by atoms with van der Waals surface area (Å²) in [7, 11) is 0. The summed E-state index contributed by atoms with van der Waals surface area (Å²) in [5.74, 6) is 0.712. The van der Waals surface area contributed by atoms with Crippen LogP contribution in [0.25, 0.3) is 16.9 Å².